The number of hydrogen-bond donors (Lipinski definition) is 0. The molecule has 2 heteroatoms. The molecule has 4 bridgehead atoms. The van der Waals surface area contributed by atoms with Crippen LogP contribution in [0.25, 0.3) is 0 Å². The van der Waals surface area contributed by atoms with Crippen molar-refractivity contribution in [3.8, 4) is 0 Å². The maximum Gasteiger partial charge on any atom is 0.0351 e. The Kier molecular flexibility index (Phi) is 2.06. The Morgan fingerprint density at radius 3 is 1.92 bits per heavy atom. The van der Waals surface area contributed by atoms with E-state index in [0.717, 1.165) is 36.3 Å². The van der Waals surface area contributed by atoms with Gasteiger partial charge >= 0.3 is 0 Å². The summed E-state index contributed by atoms with van der Waals surface area (Å²) in [4.78, 5) is 2.71. The van der Waals surface area contributed by atoms with Crippen LogP contribution in [-0.2, 0) is 0 Å². The Labute approximate surface area is 85.4 Å². The normalized spacial score (nSPS) is 48.7. The monoisotopic (exact) mass is 199 g/mol. The Bertz CT molecular complexity index is 176. The Balaban J connectivity index is 1.77. The number of piperidine rings is 2. The van der Waals surface area contributed by atoms with Gasteiger partial charge in [0.25, 0.3) is 0 Å². The van der Waals surface area contributed by atoms with Gasteiger partial charge in [0.15, 0.2) is 0 Å². The van der Waals surface area contributed by atoms with Gasteiger partial charge in [-0.3, -0.25) is 4.90 Å². The second-order valence-corrected chi connectivity index (χ2v) is 5.52. The Morgan fingerprint density at radius 2 is 1.46 bits per heavy atom. The molecular weight excluding hydrogens is 182 g/mol. The van der Waals surface area contributed by atoms with Crippen LogP contribution < -0.4 is 0 Å². The average molecular weight is 200 g/mol. The molecule has 1 nitrogen and oxygen atoms in total. The quantitative estimate of drug-likeness (QED) is 0.618. The molecule has 2 aliphatic carbocycles. The van der Waals surface area contributed by atoms with Gasteiger partial charge in [0, 0.05) is 24.5 Å². The lowest BCUT2D eigenvalue weighted by Crippen LogP contribution is -2.58. The first-order chi connectivity index (χ1) is 6.36. The second-order valence-electron chi connectivity index (χ2n) is 5.15. The third-order valence-corrected chi connectivity index (χ3v) is 4.54. The minimum Gasteiger partial charge on any atom is -0.296 e. The number of halogens is 1. The maximum absolute atomic E-state index is 5.85. The zero-order valence-electron chi connectivity index (χ0n) is 8.08. The van der Waals surface area contributed by atoms with Gasteiger partial charge < -0.3 is 0 Å². The van der Waals surface area contributed by atoms with E-state index in [2.05, 4.69) is 4.90 Å². The number of nitrogens with zero attached hydrogens (tertiary/aromatic N) is 1. The van der Waals surface area contributed by atoms with Crippen LogP contribution in [0.5, 0.6) is 0 Å². The molecule has 2 aliphatic heterocycles. The molecule has 0 aromatic carbocycles. The van der Waals surface area contributed by atoms with E-state index in [1.165, 1.54) is 25.7 Å². The van der Waals surface area contributed by atoms with Crippen molar-refractivity contribution in [2.75, 3.05) is 12.4 Å². The molecule has 2 saturated carbocycles. The highest BCUT2D eigenvalue weighted by atomic mass is 35.5. The topological polar surface area (TPSA) is 3.24 Å². The van der Waals surface area contributed by atoms with Crippen molar-refractivity contribution >= 4 is 11.6 Å². The van der Waals surface area contributed by atoms with Gasteiger partial charge in [0.05, 0.1) is 0 Å². The zero-order valence-corrected chi connectivity index (χ0v) is 8.84. The van der Waals surface area contributed by atoms with Gasteiger partial charge in [0.1, 0.15) is 0 Å². The molecule has 4 rings (SSSR count). The Morgan fingerprint density at radius 1 is 0.923 bits per heavy atom. The fraction of sp³-hybridized carbons (Fsp3) is 1.00. The zero-order chi connectivity index (χ0) is 8.84. The van der Waals surface area contributed by atoms with E-state index in [1.807, 2.05) is 0 Å². The van der Waals surface area contributed by atoms with Gasteiger partial charge in [-0.05, 0) is 43.9 Å². The summed E-state index contributed by atoms with van der Waals surface area (Å²) in [5, 5.41) is 0. The average Bonchev–Trinajstić information content (AvgIpc) is 2.10. The summed E-state index contributed by atoms with van der Waals surface area (Å²) < 4.78 is 0. The SMILES string of the molecule is ClCCN1C2CC3CC(C2)CC1C3. The first-order valence-corrected chi connectivity index (χ1v) is 6.22. The van der Waals surface area contributed by atoms with Gasteiger partial charge in [-0.2, -0.15) is 0 Å². The van der Waals surface area contributed by atoms with E-state index in [4.69, 9.17) is 11.6 Å². The van der Waals surface area contributed by atoms with Crippen molar-refractivity contribution in [2.45, 2.75) is 44.2 Å². The van der Waals surface area contributed by atoms with Crippen molar-refractivity contribution in [2.24, 2.45) is 11.8 Å². The molecule has 2 saturated heterocycles. The molecule has 0 unspecified atom stereocenters. The first-order valence-electron chi connectivity index (χ1n) is 5.68. The van der Waals surface area contributed by atoms with Crippen LogP contribution in [0, 0.1) is 11.8 Å². The van der Waals surface area contributed by atoms with Crippen LogP contribution >= 0.6 is 11.6 Å². The van der Waals surface area contributed by atoms with E-state index in [-0.39, 0.29) is 0 Å². The van der Waals surface area contributed by atoms with Crippen LogP contribution in [0.2, 0.25) is 0 Å². The number of hydrogen-bond acceptors (Lipinski definition) is 1. The number of rotatable bonds is 2. The lowest BCUT2D eigenvalue weighted by Gasteiger charge is -2.56. The van der Waals surface area contributed by atoms with E-state index in [0.29, 0.717) is 0 Å². The van der Waals surface area contributed by atoms with Gasteiger partial charge in [-0.25, -0.2) is 0 Å². The highest BCUT2D eigenvalue weighted by Crippen LogP contribution is 2.48. The molecule has 0 amide bonds. The largest absolute Gasteiger partial charge is 0.296 e. The highest BCUT2D eigenvalue weighted by Gasteiger charge is 2.46. The molecule has 4 aliphatic rings. The van der Waals surface area contributed by atoms with Crippen LogP contribution in [0.15, 0.2) is 0 Å². The maximum atomic E-state index is 5.85. The van der Waals surface area contributed by atoms with Crippen molar-refractivity contribution in [3.63, 3.8) is 0 Å². The molecule has 0 spiro atoms. The van der Waals surface area contributed by atoms with E-state index < -0.39 is 0 Å². The molecule has 0 N–H and O–H groups in total. The minimum absolute atomic E-state index is 0.822. The van der Waals surface area contributed by atoms with Gasteiger partial charge in [-0.1, -0.05) is 0 Å². The highest BCUT2D eigenvalue weighted by molar-refractivity contribution is 6.18. The minimum atomic E-state index is 0.822. The van der Waals surface area contributed by atoms with E-state index in [9.17, 15) is 0 Å². The molecule has 74 valence electrons. The van der Waals surface area contributed by atoms with Crippen molar-refractivity contribution < 1.29 is 0 Å². The lowest BCUT2D eigenvalue weighted by molar-refractivity contribution is -0.0551. The lowest BCUT2D eigenvalue weighted by atomic mass is 9.64. The van der Waals surface area contributed by atoms with Gasteiger partial charge in [0.2, 0.25) is 0 Å². The molecule has 0 aromatic rings. The van der Waals surface area contributed by atoms with Crippen molar-refractivity contribution in [3.05, 3.63) is 0 Å². The van der Waals surface area contributed by atoms with Gasteiger partial charge in [-0.15, -0.1) is 11.6 Å². The summed E-state index contributed by atoms with van der Waals surface area (Å²) in [5.41, 5.74) is 0. The molecule has 0 radical (unpaired) electrons. The van der Waals surface area contributed by atoms with Crippen LogP contribution in [-0.4, -0.2) is 29.4 Å². The Hall–Kier alpha value is 0.250. The van der Waals surface area contributed by atoms with E-state index >= 15 is 0 Å². The third kappa shape index (κ3) is 1.32. The molecule has 13 heavy (non-hydrogen) atoms. The van der Waals surface area contributed by atoms with E-state index in [1.54, 1.807) is 6.42 Å². The molecular formula is C11H18ClN. The molecule has 2 heterocycles. The summed E-state index contributed by atoms with van der Waals surface area (Å²) in [6.07, 6.45) is 7.45. The first kappa shape index (κ1) is 8.55. The summed E-state index contributed by atoms with van der Waals surface area (Å²) in [7, 11) is 0. The summed E-state index contributed by atoms with van der Waals surface area (Å²) in [6, 6.07) is 1.82. The predicted octanol–water partition coefficient (Wildman–Crippen LogP) is 2.49. The molecule has 0 atom stereocenters. The van der Waals surface area contributed by atoms with Crippen LogP contribution in [0.3, 0.4) is 0 Å². The smallest absolute Gasteiger partial charge is 0.0351 e. The van der Waals surface area contributed by atoms with Crippen LogP contribution in [0.4, 0.5) is 0 Å². The summed E-state index contributed by atoms with van der Waals surface area (Å²) >= 11 is 5.85. The van der Waals surface area contributed by atoms with Crippen molar-refractivity contribution in [1.82, 2.24) is 4.90 Å². The molecule has 4 fully saturated rings. The second kappa shape index (κ2) is 3.13. The standard InChI is InChI=1S/C11H18ClN/c12-1-2-13-10-4-8-3-9(6-10)7-11(13)5-8/h8-11H,1-7H2. The fourth-order valence-electron chi connectivity index (χ4n) is 4.08. The molecule has 0 aromatic heterocycles. The fourth-order valence-corrected chi connectivity index (χ4v) is 4.28. The van der Waals surface area contributed by atoms with Crippen molar-refractivity contribution in [1.29, 1.82) is 0 Å². The van der Waals surface area contributed by atoms with Crippen LogP contribution in [0.1, 0.15) is 32.1 Å². The third-order valence-electron chi connectivity index (χ3n) is 4.37. The summed E-state index contributed by atoms with van der Waals surface area (Å²) in [5.74, 6) is 2.98. The summed E-state index contributed by atoms with van der Waals surface area (Å²) in [6.45, 7) is 1.14. The number of alkyl halides is 1. The predicted molar refractivity (Wildman–Crippen MR) is 55.1 cm³/mol.